The summed E-state index contributed by atoms with van der Waals surface area (Å²) in [5, 5.41) is 9.06. The predicted molar refractivity (Wildman–Crippen MR) is 62.3 cm³/mol. The molecule has 1 aliphatic heterocycles. The van der Waals surface area contributed by atoms with Gasteiger partial charge >= 0.3 is 0 Å². The number of nitrogens with two attached hydrogens (primary N) is 1. The molecule has 90 valence electrons. The van der Waals surface area contributed by atoms with E-state index in [1.54, 1.807) is 4.90 Å². The summed E-state index contributed by atoms with van der Waals surface area (Å²) in [6.45, 7) is 8.48. The smallest absolute Gasteiger partial charge is 0.241 e. The summed E-state index contributed by atoms with van der Waals surface area (Å²) in [6, 6.07) is 1.36. The minimum absolute atomic E-state index is 0.0941. The highest BCUT2D eigenvalue weighted by atomic mass is 16.2. The lowest BCUT2D eigenvalue weighted by Crippen LogP contribution is -2.52. The first-order valence-electron chi connectivity index (χ1n) is 5.74. The van der Waals surface area contributed by atoms with Crippen LogP contribution in [-0.4, -0.2) is 29.4 Å². The Morgan fingerprint density at radius 2 is 2.12 bits per heavy atom. The van der Waals surface area contributed by atoms with Crippen molar-refractivity contribution in [2.75, 3.05) is 6.54 Å². The summed E-state index contributed by atoms with van der Waals surface area (Å²) in [4.78, 5) is 13.8. The molecule has 3 atom stereocenters. The van der Waals surface area contributed by atoms with E-state index in [-0.39, 0.29) is 23.3 Å². The van der Waals surface area contributed by atoms with Gasteiger partial charge in [0.1, 0.15) is 6.04 Å². The third-order valence-corrected chi connectivity index (χ3v) is 3.31. The van der Waals surface area contributed by atoms with Gasteiger partial charge in [-0.1, -0.05) is 27.7 Å². The van der Waals surface area contributed by atoms with Crippen LogP contribution in [0, 0.1) is 22.7 Å². The molecule has 0 radical (unpaired) electrons. The van der Waals surface area contributed by atoms with E-state index in [0.717, 1.165) is 6.42 Å². The average molecular weight is 223 g/mol. The Labute approximate surface area is 97.4 Å². The number of hydrogen-bond acceptors (Lipinski definition) is 3. The van der Waals surface area contributed by atoms with E-state index in [9.17, 15) is 4.79 Å². The standard InChI is InChI=1S/C12H21N3O/c1-8-5-6-15(9(8)7-13)11(16)10(14)12(2,3)4/h8-10H,5-6,14H2,1-4H3. The number of hydrogen-bond donors (Lipinski definition) is 1. The second kappa shape index (κ2) is 4.42. The van der Waals surface area contributed by atoms with Crippen molar-refractivity contribution in [3.8, 4) is 6.07 Å². The van der Waals surface area contributed by atoms with E-state index in [1.807, 2.05) is 27.7 Å². The quantitative estimate of drug-likeness (QED) is 0.724. The summed E-state index contributed by atoms with van der Waals surface area (Å²) >= 11 is 0. The van der Waals surface area contributed by atoms with Crippen molar-refractivity contribution in [1.29, 1.82) is 5.26 Å². The van der Waals surface area contributed by atoms with Gasteiger partial charge in [-0.3, -0.25) is 4.79 Å². The Bertz CT molecular complexity index is 313. The van der Waals surface area contributed by atoms with Gasteiger partial charge < -0.3 is 10.6 Å². The van der Waals surface area contributed by atoms with Gasteiger partial charge in [-0.2, -0.15) is 5.26 Å². The molecule has 1 amide bonds. The summed E-state index contributed by atoms with van der Waals surface area (Å²) in [5.74, 6) is 0.157. The minimum Gasteiger partial charge on any atom is -0.325 e. The summed E-state index contributed by atoms with van der Waals surface area (Å²) in [7, 11) is 0. The van der Waals surface area contributed by atoms with Gasteiger partial charge in [0.25, 0.3) is 0 Å². The van der Waals surface area contributed by atoms with Crippen molar-refractivity contribution in [3.63, 3.8) is 0 Å². The molecule has 2 N–H and O–H groups in total. The van der Waals surface area contributed by atoms with Crippen molar-refractivity contribution in [1.82, 2.24) is 4.90 Å². The highest BCUT2D eigenvalue weighted by Crippen LogP contribution is 2.27. The second-order valence-electron chi connectivity index (χ2n) is 5.72. The molecule has 0 spiro atoms. The minimum atomic E-state index is -0.534. The lowest BCUT2D eigenvalue weighted by Gasteiger charge is -2.31. The maximum atomic E-state index is 12.2. The van der Waals surface area contributed by atoms with Gasteiger partial charge in [-0.05, 0) is 17.8 Å². The maximum Gasteiger partial charge on any atom is 0.241 e. The van der Waals surface area contributed by atoms with Crippen molar-refractivity contribution in [2.24, 2.45) is 17.1 Å². The Morgan fingerprint density at radius 3 is 2.56 bits per heavy atom. The predicted octanol–water partition coefficient (Wildman–Crippen LogP) is 1.12. The largest absolute Gasteiger partial charge is 0.325 e. The molecule has 1 aliphatic rings. The molecular formula is C12H21N3O. The van der Waals surface area contributed by atoms with Crippen LogP contribution in [-0.2, 0) is 4.79 Å². The number of nitriles is 1. The van der Waals surface area contributed by atoms with Gasteiger partial charge in [-0.25, -0.2) is 0 Å². The molecule has 3 unspecified atom stereocenters. The molecule has 4 heteroatoms. The SMILES string of the molecule is CC1CCN(C(=O)C(N)C(C)(C)C)C1C#N. The van der Waals surface area contributed by atoms with Crippen molar-refractivity contribution in [2.45, 2.75) is 46.2 Å². The number of likely N-dealkylation sites (tertiary alicyclic amines) is 1. The summed E-state index contributed by atoms with van der Waals surface area (Å²) in [6.07, 6.45) is 0.890. The first-order chi connectivity index (χ1) is 7.29. The summed E-state index contributed by atoms with van der Waals surface area (Å²) < 4.78 is 0. The topological polar surface area (TPSA) is 70.1 Å². The number of carbonyl (C=O) groups is 1. The normalized spacial score (nSPS) is 27.6. The Hall–Kier alpha value is -1.08. The molecule has 0 aromatic heterocycles. The molecule has 16 heavy (non-hydrogen) atoms. The first-order valence-corrected chi connectivity index (χ1v) is 5.74. The Morgan fingerprint density at radius 1 is 1.56 bits per heavy atom. The van der Waals surface area contributed by atoms with E-state index < -0.39 is 6.04 Å². The van der Waals surface area contributed by atoms with E-state index in [2.05, 4.69) is 6.07 Å². The molecule has 0 bridgehead atoms. The van der Waals surface area contributed by atoms with Crippen molar-refractivity contribution in [3.05, 3.63) is 0 Å². The fraction of sp³-hybridized carbons (Fsp3) is 0.833. The zero-order chi connectivity index (χ0) is 12.5. The molecule has 0 aliphatic carbocycles. The molecule has 1 rings (SSSR count). The van der Waals surface area contributed by atoms with Gasteiger partial charge in [0.15, 0.2) is 0 Å². The van der Waals surface area contributed by atoms with Gasteiger partial charge in [0, 0.05) is 6.54 Å². The molecule has 4 nitrogen and oxygen atoms in total. The van der Waals surface area contributed by atoms with Crippen LogP contribution >= 0.6 is 0 Å². The lowest BCUT2D eigenvalue weighted by molar-refractivity contribution is -0.135. The monoisotopic (exact) mass is 223 g/mol. The number of amides is 1. The van der Waals surface area contributed by atoms with Crippen molar-refractivity contribution < 1.29 is 4.79 Å². The third kappa shape index (κ3) is 2.35. The van der Waals surface area contributed by atoms with Crippen LogP contribution in [0.15, 0.2) is 0 Å². The number of nitrogens with zero attached hydrogens (tertiary/aromatic N) is 2. The molecule has 0 aromatic rings. The van der Waals surface area contributed by atoms with Crippen LogP contribution in [0.3, 0.4) is 0 Å². The molecule has 1 heterocycles. The molecule has 0 saturated carbocycles. The molecular weight excluding hydrogens is 202 g/mol. The summed E-state index contributed by atoms with van der Waals surface area (Å²) in [5.41, 5.74) is 5.67. The third-order valence-electron chi connectivity index (χ3n) is 3.31. The van der Waals surface area contributed by atoms with E-state index in [4.69, 9.17) is 11.0 Å². The van der Waals surface area contributed by atoms with E-state index >= 15 is 0 Å². The van der Waals surface area contributed by atoms with Gasteiger partial charge in [0.2, 0.25) is 5.91 Å². The zero-order valence-corrected chi connectivity index (χ0v) is 10.5. The fourth-order valence-electron chi connectivity index (χ4n) is 1.94. The maximum absolute atomic E-state index is 12.2. The van der Waals surface area contributed by atoms with Crippen molar-refractivity contribution >= 4 is 5.91 Å². The molecule has 1 saturated heterocycles. The van der Waals surface area contributed by atoms with E-state index in [1.165, 1.54) is 0 Å². The van der Waals surface area contributed by atoms with Crippen LogP contribution in [0.25, 0.3) is 0 Å². The molecule has 0 aromatic carbocycles. The number of rotatable bonds is 1. The van der Waals surface area contributed by atoms with E-state index in [0.29, 0.717) is 6.54 Å². The Kier molecular flexibility index (Phi) is 3.59. The average Bonchev–Trinajstić information content (AvgIpc) is 2.55. The van der Waals surface area contributed by atoms with Crippen LogP contribution in [0.5, 0.6) is 0 Å². The van der Waals surface area contributed by atoms with Gasteiger partial charge in [0.05, 0.1) is 12.1 Å². The van der Waals surface area contributed by atoms with Gasteiger partial charge in [-0.15, -0.1) is 0 Å². The van der Waals surface area contributed by atoms with Crippen LogP contribution in [0.4, 0.5) is 0 Å². The zero-order valence-electron chi connectivity index (χ0n) is 10.5. The van der Waals surface area contributed by atoms with Crippen LogP contribution in [0.2, 0.25) is 0 Å². The first kappa shape index (κ1) is 13.0. The highest BCUT2D eigenvalue weighted by molar-refractivity contribution is 5.83. The molecule has 1 fully saturated rings. The second-order valence-corrected chi connectivity index (χ2v) is 5.72. The van der Waals surface area contributed by atoms with Crippen LogP contribution in [0.1, 0.15) is 34.1 Å². The van der Waals surface area contributed by atoms with Crippen LogP contribution < -0.4 is 5.73 Å². The number of carbonyl (C=O) groups excluding carboxylic acids is 1. The fourth-order valence-corrected chi connectivity index (χ4v) is 1.94. The lowest BCUT2D eigenvalue weighted by atomic mass is 9.86. The Balaban J connectivity index is 2.80. The highest BCUT2D eigenvalue weighted by Gasteiger charge is 2.39.